The highest BCUT2D eigenvalue weighted by atomic mass is 35.5. The van der Waals surface area contributed by atoms with Crippen LogP contribution in [0.1, 0.15) is 34.8 Å². The van der Waals surface area contributed by atoms with Crippen LogP contribution in [0, 0.1) is 5.92 Å². The fourth-order valence-electron chi connectivity index (χ4n) is 3.41. The SMILES string of the molecule is O=C(Nc1ccc(C(=O)N2CCNCC2c2cccc(Cl)c2)cc1)C1CC1. The van der Waals surface area contributed by atoms with E-state index >= 15 is 0 Å². The lowest BCUT2D eigenvalue weighted by Crippen LogP contribution is -2.48. The van der Waals surface area contributed by atoms with Crippen LogP contribution in [-0.4, -0.2) is 36.3 Å². The lowest BCUT2D eigenvalue weighted by Gasteiger charge is -2.36. The fourth-order valence-corrected chi connectivity index (χ4v) is 3.61. The summed E-state index contributed by atoms with van der Waals surface area (Å²) in [6.07, 6.45) is 1.94. The predicted molar refractivity (Wildman–Crippen MR) is 106 cm³/mol. The van der Waals surface area contributed by atoms with Crippen molar-refractivity contribution in [1.82, 2.24) is 10.2 Å². The van der Waals surface area contributed by atoms with Gasteiger partial charge in [0.15, 0.2) is 0 Å². The van der Waals surface area contributed by atoms with Gasteiger partial charge in [0.2, 0.25) is 5.91 Å². The van der Waals surface area contributed by atoms with Crippen molar-refractivity contribution in [3.63, 3.8) is 0 Å². The van der Waals surface area contributed by atoms with Crippen molar-refractivity contribution < 1.29 is 9.59 Å². The summed E-state index contributed by atoms with van der Waals surface area (Å²) in [6, 6.07) is 14.8. The molecule has 0 spiro atoms. The molecule has 2 amide bonds. The minimum absolute atomic E-state index is 0.0125. The van der Waals surface area contributed by atoms with Crippen molar-refractivity contribution in [2.75, 3.05) is 25.0 Å². The van der Waals surface area contributed by atoms with Gasteiger partial charge in [-0.2, -0.15) is 0 Å². The molecule has 1 atom stereocenters. The summed E-state index contributed by atoms with van der Waals surface area (Å²) in [7, 11) is 0. The van der Waals surface area contributed by atoms with Crippen LogP contribution in [0.15, 0.2) is 48.5 Å². The highest BCUT2D eigenvalue weighted by molar-refractivity contribution is 6.30. The first-order valence-corrected chi connectivity index (χ1v) is 9.68. The molecule has 0 radical (unpaired) electrons. The Bertz CT molecular complexity index is 849. The first kappa shape index (κ1) is 18.0. The number of benzene rings is 2. The normalized spacial score (nSPS) is 19.6. The molecule has 2 aliphatic rings. The average molecular weight is 384 g/mol. The number of carbonyl (C=O) groups excluding carboxylic acids is 2. The van der Waals surface area contributed by atoms with E-state index in [0.29, 0.717) is 23.7 Å². The molecule has 2 fully saturated rings. The Balaban J connectivity index is 1.50. The zero-order valence-electron chi connectivity index (χ0n) is 15.0. The van der Waals surface area contributed by atoms with E-state index in [4.69, 9.17) is 11.6 Å². The van der Waals surface area contributed by atoms with E-state index in [-0.39, 0.29) is 23.8 Å². The summed E-state index contributed by atoms with van der Waals surface area (Å²) in [6.45, 7) is 2.09. The Hall–Kier alpha value is -2.37. The van der Waals surface area contributed by atoms with Gasteiger partial charge in [-0.1, -0.05) is 23.7 Å². The van der Waals surface area contributed by atoms with Crippen molar-refractivity contribution in [3.05, 3.63) is 64.7 Å². The van der Waals surface area contributed by atoms with Crippen molar-refractivity contribution in [1.29, 1.82) is 0 Å². The van der Waals surface area contributed by atoms with Gasteiger partial charge < -0.3 is 15.5 Å². The number of nitrogens with one attached hydrogen (secondary N) is 2. The van der Waals surface area contributed by atoms with Gasteiger partial charge in [-0.3, -0.25) is 9.59 Å². The summed E-state index contributed by atoms with van der Waals surface area (Å²) in [5.41, 5.74) is 2.37. The number of halogens is 1. The topological polar surface area (TPSA) is 61.4 Å². The Kier molecular flexibility index (Phi) is 5.14. The van der Waals surface area contributed by atoms with Gasteiger partial charge in [0, 0.05) is 41.8 Å². The number of amides is 2. The van der Waals surface area contributed by atoms with Gasteiger partial charge in [0.25, 0.3) is 5.91 Å². The molecule has 1 saturated heterocycles. The van der Waals surface area contributed by atoms with Crippen molar-refractivity contribution in [2.45, 2.75) is 18.9 Å². The summed E-state index contributed by atoms with van der Waals surface area (Å²) in [5, 5.41) is 6.92. The fraction of sp³-hybridized carbons (Fsp3) is 0.333. The summed E-state index contributed by atoms with van der Waals surface area (Å²) in [5.74, 6) is 0.212. The number of rotatable bonds is 4. The standard InChI is InChI=1S/C21H22ClN3O2/c22-17-3-1-2-16(12-17)19-13-23-10-11-25(19)21(27)15-6-8-18(9-7-15)24-20(26)14-4-5-14/h1-3,6-9,12,14,19,23H,4-5,10-11,13H2,(H,24,26). The minimum Gasteiger partial charge on any atom is -0.329 e. The van der Waals surface area contributed by atoms with Gasteiger partial charge in [-0.15, -0.1) is 0 Å². The molecule has 5 nitrogen and oxygen atoms in total. The average Bonchev–Trinajstić information content (AvgIpc) is 3.53. The Labute approximate surface area is 163 Å². The van der Waals surface area contributed by atoms with Gasteiger partial charge in [0.05, 0.1) is 6.04 Å². The molecular weight excluding hydrogens is 362 g/mol. The second-order valence-electron chi connectivity index (χ2n) is 7.11. The molecule has 0 bridgehead atoms. The second-order valence-corrected chi connectivity index (χ2v) is 7.55. The Morgan fingerprint density at radius 2 is 1.89 bits per heavy atom. The van der Waals surface area contributed by atoms with Gasteiger partial charge in [-0.25, -0.2) is 0 Å². The second kappa shape index (κ2) is 7.71. The lowest BCUT2D eigenvalue weighted by atomic mass is 10.0. The first-order valence-electron chi connectivity index (χ1n) is 9.30. The monoisotopic (exact) mass is 383 g/mol. The third-order valence-electron chi connectivity index (χ3n) is 5.09. The van der Waals surface area contributed by atoms with E-state index in [0.717, 1.165) is 30.6 Å². The van der Waals surface area contributed by atoms with Gasteiger partial charge >= 0.3 is 0 Å². The maximum Gasteiger partial charge on any atom is 0.254 e. The number of anilines is 1. The molecule has 1 unspecified atom stereocenters. The van der Waals surface area contributed by atoms with Crippen molar-refractivity contribution in [2.24, 2.45) is 5.92 Å². The van der Waals surface area contributed by atoms with E-state index in [1.54, 1.807) is 24.3 Å². The maximum atomic E-state index is 13.1. The summed E-state index contributed by atoms with van der Waals surface area (Å²) >= 11 is 6.14. The largest absolute Gasteiger partial charge is 0.329 e. The Morgan fingerprint density at radius 1 is 1.11 bits per heavy atom. The van der Waals surface area contributed by atoms with Crippen molar-refractivity contribution in [3.8, 4) is 0 Å². The highest BCUT2D eigenvalue weighted by Crippen LogP contribution is 2.30. The highest BCUT2D eigenvalue weighted by Gasteiger charge is 2.30. The van der Waals surface area contributed by atoms with Gasteiger partial charge in [0.1, 0.15) is 0 Å². The predicted octanol–water partition coefficient (Wildman–Crippen LogP) is 3.48. The summed E-state index contributed by atoms with van der Waals surface area (Å²) in [4.78, 5) is 26.9. The van der Waals surface area contributed by atoms with Crippen molar-refractivity contribution >= 4 is 29.1 Å². The van der Waals surface area contributed by atoms with Crippen LogP contribution >= 0.6 is 11.6 Å². The molecule has 1 aliphatic heterocycles. The first-order chi connectivity index (χ1) is 13.1. The van der Waals surface area contributed by atoms with Crippen LogP contribution in [0.5, 0.6) is 0 Å². The Morgan fingerprint density at radius 3 is 2.59 bits per heavy atom. The molecular formula is C21H22ClN3O2. The molecule has 6 heteroatoms. The molecule has 1 aliphatic carbocycles. The molecule has 0 aromatic heterocycles. The minimum atomic E-state index is -0.0563. The van der Waals surface area contributed by atoms with E-state index in [1.165, 1.54) is 0 Å². The van der Waals surface area contributed by atoms with Crippen LogP contribution in [0.4, 0.5) is 5.69 Å². The van der Waals surface area contributed by atoms with Gasteiger partial charge in [-0.05, 0) is 54.8 Å². The van der Waals surface area contributed by atoms with Crippen LogP contribution < -0.4 is 10.6 Å². The molecule has 1 heterocycles. The molecule has 2 aromatic carbocycles. The van der Waals surface area contributed by atoms with Crippen LogP contribution in [0.3, 0.4) is 0 Å². The number of hydrogen-bond acceptors (Lipinski definition) is 3. The van der Waals surface area contributed by atoms with E-state index in [2.05, 4.69) is 10.6 Å². The smallest absolute Gasteiger partial charge is 0.254 e. The summed E-state index contributed by atoms with van der Waals surface area (Å²) < 4.78 is 0. The van der Waals surface area contributed by atoms with E-state index in [9.17, 15) is 9.59 Å². The molecule has 1 saturated carbocycles. The third-order valence-corrected chi connectivity index (χ3v) is 5.32. The van der Waals surface area contributed by atoms with E-state index < -0.39 is 0 Å². The van der Waals surface area contributed by atoms with Crippen LogP contribution in [0.2, 0.25) is 5.02 Å². The molecule has 4 rings (SSSR count). The van der Waals surface area contributed by atoms with Crippen LogP contribution in [0.25, 0.3) is 0 Å². The lowest BCUT2D eigenvalue weighted by molar-refractivity contribution is -0.117. The molecule has 2 aromatic rings. The third kappa shape index (κ3) is 4.15. The molecule has 27 heavy (non-hydrogen) atoms. The van der Waals surface area contributed by atoms with Crippen LogP contribution in [-0.2, 0) is 4.79 Å². The quantitative estimate of drug-likeness (QED) is 0.849. The zero-order valence-corrected chi connectivity index (χ0v) is 15.7. The van der Waals surface area contributed by atoms with E-state index in [1.807, 2.05) is 29.2 Å². The molecule has 140 valence electrons. The molecule has 2 N–H and O–H groups in total. The number of hydrogen-bond donors (Lipinski definition) is 2. The maximum absolute atomic E-state index is 13.1. The number of nitrogens with zero attached hydrogens (tertiary/aromatic N) is 1. The number of piperazine rings is 1. The zero-order chi connectivity index (χ0) is 18.8. The number of carbonyl (C=O) groups is 2.